The van der Waals surface area contributed by atoms with Crippen LogP contribution in [0.2, 0.25) is 0 Å². The van der Waals surface area contributed by atoms with Gasteiger partial charge in [-0.15, -0.1) is 0 Å². The Morgan fingerprint density at radius 2 is 2.00 bits per heavy atom. The molecule has 0 bridgehead atoms. The van der Waals surface area contributed by atoms with Crippen molar-refractivity contribution in [2.24, 2.45) is 4.99 Å². The number of aliphatic imine (C=N–C) groups is 1. The quantitative estimate of drug-likeness (QED) is 0.526. The lowest BCUT2D eigenvalue weighted by molar-refractivity contribution is -0.0505. The maximum atomic E-state index is 12.7. The standard InChI is InChI=1S/C17H25F2N3O3S/c1-5-20-16(22-9-17(2,3)26-4)21-8-11-6-13-14(24-10-23-13)7-12(11)25-15(18)19/h6-7,15H,5,8-10H2,1-4H3,(H2,20,21,22). The van der Waals surface area contributed by atoms with Crippen molar-refractivity contribution in [2.75, 3.05) is 26.1 Å². The van der Waals surface area contributed by atoms with Gasteiger partial charge in [0, 0.05) is 29.5 Å². The molecule has 0 saturated heterocycles. The molecule has 1 aliphatic heterocycles. The lowest BCUT2D eigenvalue weighted by Gasteiger charge is -2.23. The zero-order chi connectivity index (χ0) is 19.2. The fourth-order valence-electron chi connectivity index (χ4n) is 2.17. The summed E-state index contributed by atoms with van der Waals surface area (Å²) in [7, 11) is 0. The summed E-state index contributed by atoms with van der Waals surface area (Å²) in [6.07, 6.45) is 2.05. The van der Waals surface area contributed by atoms with Gasteiger partial charge < -0.3 is 24.8 Å². The maximum Gasteiger partial charge on any atom is 0.387 e. The Morgan fingerprint density at radius 1 is 1.31 bits per heavy atom. The molecule has 0 saturated carbocycles. The van der Waals surface area contributed by atoms with Gasteiger partial charge in [-0.1, -0.05) is 0 Å². The fraction of sp³-hybridized carbons (Fsp3) is 0.588. The van der Waals surface area contributed by atoms with Crippen LogP contribution < -0.4 is 24.8 Å². The van der Waals surface area contributed by atoms with Crippen molar-refractivity contribution in [2.45, 2.75) is 38.7 Å². The number of hydrogen-bond donors (Lipinski definition) is 2. The number of nitrogens with one attached hydrogen (secondary N) is 2. The number of fused-ring (bicyclic) bond motifs is 1. The highest BCUT2D eigenvalue weighted by atomic mass is 32.2. The summed E-state index contributed by atoms with van der Waals surface area (Å²) in [5.41, 5.74) is 0.496. The molecule has 2 rings (SSSR count). The van der Waals surface area contributed by atoms with Crippen molar-refractivity contribution in [3.05, 3.63) is 17.7 Å². The largest absolute Gasteiger partial charge is 0.454 e. The first kappa shape index (κ1) is 20.4. The van der Waals surface area contributed by atoms with E-state index in [-0.39, 0.29) is 23.8 Å². The zero-order valence-electron chi connectivity index (χ0n) is 15.4. The van der Waals surface area contributed by atoms with E-state index in [1.165, 1.54) is 6.07 Å². The molecule has 9 heteroatoms. The van der Waals surface area contributed by atoms with E-state index in [2.05, 4.69) is 34.2 Å². The highest BCUT2D eigenvalue weighted by Gasteiger charge is 2.20. The van der Waals surface area contributed by atoms with Crippen LogP contribution in [0, 0.1) is 0 Å². The zero-order valence-corrected chi connectivity index (χ0v) is 16.2. The molecule has 0 unspecified atom stereocenters. The van der Waals surface area contributed by atoms with Gasteiger partial charge in [-0.3, -0.25) is 0 Å². The number of alkyl halides is 2. The van der Waals surface area contributed by atoms with Crippen molar-refractivity contribution in [3.8, 4) is 17.2 Å². The summed E-state index contributed by atoms with van der Waals surface area (Å²) >= 11 is 1.75. The summed E-state index contributed by atoms with van der Waals surface area (Å²) in [6, 6.07) is 3.04. The molecule has 0 spiro atoms. The van der Waals surface area contributed by atoms with E-state index in [9.17, 15) is 8.78 Å². The highest BCUT2D eigenvalue weighted by molar-refractivity contribution is 7.99. The molecule has 6 nitrogen and oxygen atoms in total. The van der Waals surface area contributed by atoms with E-state index in [1.807, 2.05) is 13.2 Å². The Kier molecular flexibility index (Phi) is 7.19. The first-order valence-corrected chi connectivity index (χ1v) is 9.51. The minimum Gasteiger partial charge on any atom is -0.454 e. The smallest absolute Gasteiger partial charge is 0.387 e. The Labute approximate surface area is 156 Å². The summed E-state index contributed by atoms with van der Waals surface area (Å²) in [5, 5.41) is 6.41. The van der Waals surface area contributed by atoms with Crippen LogP contribution in [0.4, 0.5) is 8.78 Å². The third-order valence-electron chi connectivity index (χ3n) is 3.76. The van der Waals surface area contributed by atoms with Gasteiger partial charge in [-0.2, -0.15) is 20.5 Å². The molecule has 1 aliphatic rings. The second-order valence-electron chi connectivity index (χ2n) is 6.20. The summed E-state index contributed by atoms with van der Waals surface area (Å²) in [4.78, 5) is 4.48. The Hall–Kier alpha value is -1.90. The summed E-state index contributed by atoms with van der Waals surface area (Å²) in [5.74, 6) is 1.53. The number of ether oxygens (including phenoxy) is 3. The molecule has 0 fully saturated rings. The minimum absolute atomic E-state index is 0.0355. The third kappa shape index (κ3) is 5.82. The normalized spacial score (nSPS) is 13.9. The predicted octanol–water partition coefficient (Wildman–Crippen LogP) is 3.21. The van der Waals surface area contributed by atoms with Crippen LogP contribution in [0.5, 0.6) is 17.2 Å². The van der Waals surface area contributed by atoms with Gasteiger partial charge >= 0.3 is 6.61 Å². The van der Waals surface area contributed by atoms with Gasteiger partial charge in [0.15, 0.2) is 17.5 Å². The summed E-state index contributed by atoms with van der Waals surface area (Å²) < 4.78 is 40.6. The molecule has 1 aromatic carbocycles. The molecular weight excluding hydrogens is 364 g/mol. The number of hydrogen-bond acceptors (Lipinski definition) is 5. The Morgan fingerprint density at radius 3 is 2.62 bits per heavy atom. The lowest BCUT2D eigenvalue weighted by atomic mass is 10.1. The topological polar surface area (TPSA) is 64.1 Å². The highest BCUT2D eigenvalue weighted by Crippen LogP contribution is 2.39. The molecule has 2 N–H and O–H groups in total. The van der Waals surface area contributed by atoms with Crippen LogP contribution in [0.3, 0.4) is 0 Å². The second kappa shape index (κ2) is 9.16. The molecule has 1 aromatic rings. The Bertz CT molecular complexity index is 642. The van der Waals surface area contributed by atoms with Gasteiger partial charge in [0.25, 0.3) is 0 Å². The van der Waals surface area contributed by atoms with Crippen LogP contribution in [0.15, 0.2) is 17.1 Å². The number of thioether (sulfide) groups is 1. The molecular formula is C17H25F2N3O3S. The van der Waals surface area contributed by atoms with E-state index < -0.39 is 6.61 Å². The van der Waals surface area contributed by atoms with Gasteiger partial charge in [-0.25, -0.2) is 4.99 Å². The second-order valence-corrected chi connectivity index (χ2v) is 7.72. The fourth-order valence-corrected chi connectivity index (χ4v) is 2.39. The monoisotopic (exact) mass is 389 g/mol. The van der Waals surface area contributed by atoms with Crippen molar-refractivity contribution < 1.29 is 23.0 Å². The molecule has 0 aromatic heterocycles. The molecule has 0 radical (unpaired) electrons. The summed E-state index contributed by atoms with van der Waals surface area (Å²) in [6.45, 7) is 4.91. The first-order valence-electron chi connectivity index (χ1n) is 8.29. The van der Waals surface area contributed by atoms with Crippen LogP contribution in [-0.2, 0) is 6.54 Å². The lowest BCUT2D eigenvalue weighted by Crippen LogP contribution is -2.43. The number of nitrogens with zero attached hydrogens (tertiary/aromatic N) is 1. The van der Waals surface area contributed by atoms with Gasteiger partial charge in [0.05, 0.1) is 6.54 Å². The molecule has 0 aliphatic carbocycles. The SMILES string of the molecule is CCNC(=NCc1cc2c(cc1OC(F)F)OCO2)NCC(C)(C)SC. The molecule has 0 amide bonds. The maximum absolute atomic E-state index is 12.7. The van der Waals surface area contributed by atoms with Gasteiger partial charge in [-0.05, 0) is 33.1 Å². The van der Waals surface area contributed by atoms with E-state index in [4.69, 9.17) is 9.47 Å². The van der Waals surface area contributed by atoms with E-state index in [1.54, 1.807) is 17.8 Å². The van der Waals surface area contributed by atoms with Crippen molar-refractivity contribution in [3.63, 3.8) is 0 Å². The number of halogens is 2. The van der Waals surface area contributed by atoms with Crippen LogP contribution >= 0.6 is 11.8 Å². The molecule has 26 heavy (non-hydrogen) atoms. The van der Waals surface area contributed by atoms with Crippen LogP contribution in [0.25, 0.3) is 0 Å². The van der Waals surface area contributed by atoms with E-state index >= 15 is 0 Å². The molecule has 0 atom stereocenters. The van der Waals surface area contributed by atoms with Gasteiger partial charge in [0.1, 0.15) is 5.75 Å². The average molecular weight is 389 g/mol. The predicted molar refractivity (Wildman–Crippen MR) is 99.6 cm³/mol. The molecule has 1 heterocycles. The minimum atomic E-state index is -2.92. The van der Waals surface area contributed by atoms with E-state index in [0.29, 0.717) is 36.1 Å². The van der Waals surface area contributed by atoms with Crippen molar-refractivity contribution in [1.82, 2.24) is 10.6 Å². The third-order valence-corrected chi connectivity index (χ3v) is 5.01. The number of rotatable bonds is 8. The van der Waals surface area contributed by atoms with Crippen molar-refractivity contribution in [1.29, 1.82) is 0 Å². The number of guanidine groups is 1. The van der Waals surface area contributed by atoms with Crippen LogP contribution in [0.1, 0.15) is 26.3 Å². The average Bonchev–Trinajstić information content (AvgIpc) is 3.04. The van der Waals surface area contributed by atoms with Crippen LogP contribution in [-0.4, -0.2) is 43.5 Å². The van der Waals surface area contributed by atoms with Crippen molar-refractivity contribution >= 4 is 17.7 Å². The van der Waals surface area contributed by atoms with E-state index in [0.717, 1.165) is 0 Å². The molecule has 146 valence electrons. The van der Waals surface area contributed by atoms with Gasteiger partial charge in [0.2, 0.25) is 6.79 Å². The first-order chi connectivity index (χ1) is 12.3. The Balaban J connectivity index is 2.16. The number of benzene rings is 1.